The van der Waals surface area contributed by atoms with Gasteiger partial charge in [-0.25, -0.2) is 4.98 Å². The summed E-state index contributed by atoms with van der Waals surface area (Å²) in [6.07, 6.45) is 2.16. The van der Waals surface area contributed by atoms with E-state index in [4.69, 9.17) is 0 Å². The molecule has 0 aliphatic carbocycles. The number of halogens is 1. The molecule has 2 heterocycles. The number of carbonyl (C=O) groups is 1. The number of rotatable bonds is 2. The fourth-order valence-corrected chi connectivity index (χ4v) is 2.82. The lowest BCUT2D eigenvalue weighted by Crippen LogP contribution is -2.35. The van der Waals surface area contributed by atoms with Crippen molar-refractivity contribution in [2.75, 3.05) is 17.3 Å². The van der Waals surface area contributed by atoms with Crippen LogP contribution in [0.2, 0.25) is 0 Å². The molecule has 1 N–H and O–H groups in total. The van der Waals surface area contributed by atoms with Gasteiger partial charge in [0.1, 0.15) is 4.60 Å². The summed E-state index contributed by atoms with van der Waals surface area (Å²) in [6.45, 7) is 0. The second-order valence-electron chi connectivity index (χ2n) is 4.75. The minimum atomic E-state index is -0.0320. The molecule has 0 saturated heterocycles. The molecule has 102 valence electrons. The summed E-state index contributed by atoms with van der Waals surface area (Å²) in [6, 6.07) is 11.8. The van der Waals surface area contributed by atoms with Crippen LogP contribution in [0, 0.1) is 0 Å². The van der Waals surface area contributed by atoms with Gasteiger partial charge in [0.2, 0.25) is 5.91 Å². The van der Waals surface area contributed by atoms with E-state index in [1.807, 2.05) is 37.4 Å². The Morgan fingerprint density at radius 1 is 1.30 bits per heavy atom. The molecule has 1 aliphatic heterocycles. The molecule has 1 atom stereocenters. The first-order chi connectivity index (χ1) is 9.66. The molecule has 1 aromatic carbocycles. The molecule has 1 unspecified atom stereocenters. The Morgan fingerprint density at radius 2 is 2.10 bits per heavy atom. The number of nitrogens with zero attached hydrogens (tertiary/aromatic N) is 2. The zero-order chi connectivity index (χ0) is 14.1. The Labute approximate surface area is 126 Å². The van der Waals surface area contributed by atoms with Crippen LogP contribution >= 0.6 is 15.9 Å². The summed E-state index contributed by atoms with van der Waals surface area (Å²) >= 11 is 3.42. The Balaban J connectivity index is 1.97. The van der Waals surface area contributed by atoms with E-state index < -0.39 is 0 Å². The van der Waals surface area contributed by atoms with Crippen LogP contribution in [0.1, 0.15) is 18.0 Å². The van der Waals surface area contributed by atoms with E-state index in [0.29, 0.717) is 6.42 Å². The Hall–Kier alpha value is -1.88. The van der Waals surface area contributed by atoms with Gasteiger partial charge in [0.05, 0.1) is 18.2 Å². The number of benzene rings is 1. The van der Waals surface area contributed by atoms with Crippen LogP contribution in [0.25, 0.3) is 0 Å². The van der Waals surface area contributed by atoms with Crippen molar-refractivity contribution in [3.63, 3.8) is 0 Å². The van der Waals surface area contributed by atoms with Gasteiger partial charge < -0.3 is 10.2 Å². The fourth-order valence-electron chi connectivity index (χ4n) is 2.45. The number of hydrogen-bond donors (Lipinski definition) is 1. The largest absolute Gasteiger partial charge is 0.375 e. The van der Waals surface area contributed by atoms with Crippen molar-refractivity contribution in [3.05, 3.63) is 52.8 Å². The first-order valence-electron chi connectivity index (χ1n) is 6.39. The summed E-state index contributed by atoms with van der Waals surface area (Å²) in [7, 11) is 1.82. The van der Waals surface area contributed by atoms with E-state index in [2.05, 4.69) is 32.3 Å². The van der Waals surface area contributed by atoms with Gasteiger partial charge in [-0.2, -0.15) is 0 Å². The summed E-state index contributed by atoms with van der Waals surface area (Å²) in [5.41, 5.74) is 2.98. The zero-order valence-electron chi connectivity index (χ0n) is 11.0. The number of pyridine rings is 1. The van der Waals surface area contributed by atoms with Crippen LogP contribution < -0.4 is 10.2 Å². The number of carbonyl (C=O) groups excluding carboxylic acids is 1. The van der Waals surface area contributed by atoms with E-state index >= 15 is 0 Å². The van der Waals surface area contributed by atoms with Gasteiger partial charge in [-0.3, -0.25) is 4.79 Å². The smallest absolute Gasteiger partial charge is 0.229 e. The van der Waals surface area contributed by atoms with Crippen LogP contribution in [-0.2, 0) is 4.79 Å². The topological polar surface area (TPSA) is 45.2 Å². The van der Waals surface area contributed by atoms with Crippen molar-refractivity contribution in [3.8, 4) is 0 Å². The second-order valence-corrected chi connectivity index (χ2v) is 5.51. The number of hydrogen-bond acceptors (Lipinski definition) is 3. The Kier molecular flexibility index (Phi) is 3.44. The highest BCUT2D eigenvalue weighted by molar-refractivity contribution is 9.10. The van der Waals surface area contributed by atoms with E-state index in [1.165, 1.54) is 0 Å². The third-order valence-electron chi connectivity index (χ3n) is 3.52. The van der Waals surface area contributed by atoms with Gasteiger partial charge in [-0.05, 0) is 39.7 Å². The third-order valence-corrected chi connectivity index (χ3v) is 4.15. The van der Waals surface area contributed by atoms with Crippen LogP contribution in [0.15, 0.2) is 47.2 Å². The molecule has 1 aliphatic rings. The summed E-state index contributed by atoms with van der Waals surface area (Å²) in [4.78, 5) is 18.0. The first-order valence-corrected chi connectivity index (χ1v) is 7.18. The van der Waals surface area contributed by atoms with E-state index in [1.54, 1.807) is 11.1 Å². The van der Waals surface area contributed by atoms with Gasteiger partial charge in [0, 0.05) is 18.9 Å². The molecule has 0 saturated carbocycles. The van der Waals surface area contributed by atoms with Gasteiger partial charge in [-0.1, -0.05) is 18.2 Å². The highest BCUT2D eigenvalue weighted by Crippen LogP contribution is 2.36. The molecule has 0 fully saturated rings. The minimum Gasteiger partial charge on any atom is -0.375 e. The zero-order valence-corrected chi connectivity index (χ0v) is 12.6. The predicted molar refractivity (Wildman–Crippen MR) is 82.8 cm³/mol. The summed E-state index contributed by atoms with van der Waals surface area (Å²) in [5, 5.41) is 3.40. The fraction of sp³-hybridized carbons (Fsp3) is 0.200. The predicted octanol–water partition coefficient (Wildman–Crippen LogP) is 3.36. The van der Waals surface area contributed by atoms with Crippen LogP contribution in [0.3, 0.4) is 0 Å². The van der Waals surface area contributed by atoms with Gasteiger partial charge in [-0.15, -0.1) is 0 Å². The lowest BCUT2D eigenvalue weighted by atomic mass is 9.96. The van der Waals surface area contributed by atoms with E-state index in [0.717, 1.165) is 21.5 Å². The van der Waals surface area contributed by atoms with Crippen molar-refractivity contribution in [2.45, 2.75) is 12.5 Å². The second kappa shape index (κ2) is 5.25. The number of para-hydroxylation sites is 1. The maximum Gasteiger partial charge on any atom is 0.229 e. The van der Waals surface area contributed by atoms with E-state index in [9.17, 15) is 4.79 Å². The lowest BCUT2D eigenvalue weighted by molar-refractivity contribution is -0.118. The van der Waals surface area contributed by atoms with Crippen molar-refractivity contribution in [1.82, 2.24) is 4.98 Å². The van der Waals surface area contributed by atoms with Crippen LogP contribution in [0.5, 0.6) is 0 Å². The standard InChI is InChI=1S/C15H14BrN3O/c1-19-13-7-3-2-5-10(13)12(9-14(19)20)18-11-6-4-8-17-15(11)16/h2-8,12,18H,9H2,1H3. The van der Waals surface area contributed by atoms with Gasteiger partial charge >= 0.3 is 0 Å². The van der Waals surface area contributed by atoms with E-state index in [-0.39, 0.29) is 11.9 Å². The number of anilines is 2. The number of nitrogens with one attached hydrogen (secondary N) is 1. The molecule has 4 nitrogen and oxygen atoms in total. The monoisotopic (exact) mass is 331 g/mol. The quantitative estimate of drug-likeness (QED) is 0.858. The Bertz CT molecular complexity index is 659. The molecule has 1 aromatic heterocycles. The maximum atomic E-state index is 12.1. The molecule has 20 heavy (non-hydrogen) atoms. The Morgan fingerprint density at radius 3 is 2.90 bits per heavy atom. The highest BCUT2D eigenvalue weighted by atomic mass is 79.9. The first kappa shape index (κ1) is 13.1. The molecular weight excluding hydrogens is 318 g/mol. The molecule has 0 bridgehead atoms. The van der Waals surface area contributed by atoms with Crippen LogP contribution in [0.4, 0.5) is 11.4 Å². The van der Waals surface area contributed by atoms with Gasteiger partial charge in [0.15, 0.2) is 0 Å². The van der Waals surface area contributed by atoms with Crippen molar-refractivity contribution < 1.29 is 4.79 Å². The molecule has 5 heteroatoms. The number of amides is 1. The normalized spacial score (nSPS) is 17.8. The van der Waals surface area contributed by atoms with Crippen molar-refractivity contribution in [1.29, 1.82) is 0 Å². The van der Waals surface area contributed by atoms with Crippen molar-refractivity contribution >= 4 is 33.2 Å². The van der Waals surface area contributed by atoms with Gasteiger partial charge in [0.25, 0.3) is 0 Å². The summed E-state index contributed by atoms with van der Waals surface area (Å²) < 4.78 is 0.754. The highest BCUT2D eigenvalue weighted by Gasteiger charge is 2.29. The SMILES string of the molecule is CN1C(=O)CC(Nc2cccnc2Br)c2ccccc21. The molecule has 2 aromatic rings. The minimum absolute atomic E-state index is 0.0320. The molecule has 3 rings (SSSR count). The lowest BCUT2D eigenvalue weighted by Gasteiger charge is -2.32. The number of fused-ring (bicyclic) bond motifs is 1. The molecule has 1 amide bonds. The molecule has 0 radical (unpaired) electrons. The third kappa shape index (κ3) is 2.29. The average Bonchev–Trinajstić information content (AvgIpc) is 2.47. The van der Waals surface area contributed by atoms with Crippen molar-refractivity contribution in [2.24, 2.45) is 0 Å². The molecule has 0 spiro atoms. The summed E-state index contributed by atoms with van der Waals surface area (Å²) in [5.74, 6) is 0.112. The molecular formula is C15H14BrN3O. The average molecular weight is 332 g/mol. The van der Waals surface area contributed by atoms with Crippen LogP contribution in [-0.4, -0.2) is 17.9 Å². The number of aromatic nitrogens is 1. The maximum absolute atomic E-state index is 12.1.